The maximum absolute atomic E-state index is 13.9. The second kappa shape index (κ2) is 8.89. The zero-order valence-electron chi connectivity index (χ0n) is 20.2. The van der Waals surface area contributed by atoms with Crippen molar-refractivity contribution < 1.29 is 14.3 Å². The van der Waals surface area contributed by atoms with Crippen molar-refractivity contribution in [2.24, 2.45) is 0 Å². The van der Waals surface area contributed by atoms with E-state index in [-0.39, 0.29) is 11.8 Å². The van der Waals surface area contributed by atoms with Gasteiger partial charge in [-0.2, -0.15) is 0 Å². The van der Waals surface area contributed by atoms with E-state index in [2.05, 4.69) is 14.6 Å². The molecule has 3 aromatic heterocycles. The van der Waals surface area contributed by atoms with Crippen molar-refractivity contribution in [1.82, 2.24) is 24.5 Å². The second-order valence-electron chi connectivity index (χ2n) is 9.48. The number of carbonyl (C=O) groups is 1. The molecule has 5 heterocycles. The van der Waals surface area contributed by atoms with Crippen LogP contribution in [-0.4, -0.2) is 56.7 Å². The first-order valence-corrected chi connectivity index (χ1v) is 12.6. The highest BCUT2D eigenvalue weighted by Gasteiger charge is 2.28. The Hall–Kier alpha value is -4.46. The molecule has 0 spiro atoms. The van der Waals surface area contributed by atoms with Gasteiger partial charge < -0.3 is 14.4 Å². The van der Waals surface area contributed by atoms with Gasteiger partial charge in [-0.3, -0.25) is 9.20 Å². The number of rotatable bonds is 3. The maximum Gasteiger partial charge on any atom is 0.254 e. The summed E-state index contributed by atoms with van der Waals surface area (Å²) in [6, 6.07) is 21.5. The average molecular weight is 492 g/mol. The Kier molecular flexibility index (Phi) is 5.23. The van der Waals surface area contributed by atoms with Crippen LogP contribution in [-0.2, 0) is 0 Å². The van der Waals surface area contributed by atoms with Crippen molar-refractivity contribution >= 4 is 22.5 Å². The summed E-state index contributed by atoms with van der Waals surface area (Å²) in [4.78, 5) is 20.7. The number of fused-ring (bicyclic) bond motifs is 3. The Labute approximate surface area is 213 Å². The van der Waals surface area contributed by atoms with Crippen molar-refractivity contribution in [3.8, 4) is 22.8 Å². The lowest BCUT2D eigenvalue weighted by molar-refractivity contribution is 0.0713. The predicted molar refractivity (Wildman–Crippen MR) is 139 cm³/mol. The molecule has 0 unspecified atom stereocenters. The van der Waals surface area contributed by atoms with Gasteiger partial charge >= 0.3 is 0 Å². The van der Waals surface area contributed by atoms with E-state index in [0.29, 0.717) is 37.6 Å². The topological polar surface area (TPSA) is 81.9 Å². The fourth-order valence-electron chi connectivity index (χ4n) is 5.35. The van der Waals surface area contributed by atoms with Crippen molar-refractivity contribution in [2.45, 2.75) is 18.8 Å². The number of aromatic nitrogens is 4. The number of amides is 1. The Bertz CT molecular complexity index is 1640. The number of hydrogen-bond acceptors (Lipinski definition) is 6. The summed E-state index contributed by atoms with van der Waals surface area (Å²) in [7, 11) is 0. The molecule has 0 radical (unpaired) electrons. The van der Waals surface area contributed by atoms with E-state index >= 15 is 0 Å². The zero-order valence-corrected chi connectivity index (χ0v) is 20.2. The third-order valence-electron chi connectivity index (χ3n) is 7.27. The Morgan fingerprint density at radius 2 is 1.68 bits per heavy atom. The molecule has 2 aromatic carbocycles. The molecule has 5 aromatic rings. The summed E-state index contributed by atoms with van der Waals surface area (Å²) in [6.07, 6.45) is 3.70. The predicted octanol–water partition coefficient (Wildman–Crippen LogP) is 4.74. The molecule has 0 N–H and O–H groups in total. The summed E-state index contributed by atoms with van der Waals surface area (Å²) in [5.74, 6) is 2.70. The van der Waals surface area contributed by atoms with E-state index in [1.54, 1.807) is 0 Å². The number of carbonyl (C=O) groups excluding carboxylic acids is 1. The second-order valence-corrected chi connectivity index (χ2v) is 9.48. The highest BCUT2D eigenvalue weighted by Crippen LogP contribution is 2.36. The van der Waals surface area contributed by atoms with Crippen molar-refractivity contribution in [1.29, 1.82) is 0 Å². The van der Waals surface area contributed by atoms with Gasteiger partial charge in [0.2, 0.25) is 0 Å². The normalized spacial score (nSPS) is 15.8. The standard InChI is InChI=1S/C29H25N5O3/c35-29(33-13-10-19(11-14-33)28-32-31-27-7-3-4-12-34(27)28)22-18-24(30-23-6-2-1-5-21(22)23)20-8-9-25-26(17-20)37-16-15-36-25/h1-9,12,17-19H,10-11,13-16H2. The summed E-state index contributed by atoms with van der Waals surface area (Å²) >= 11 is 0. The van der Waals surface area contributed by atoms with Crippen LogP contribution in [0.3, 0.4) is 0 Å². The van der Waals surface area contributed by atoms with E-state index in [9.17, 15) is 4.79 Å². The molecule has 1 saturated heterocycles. The van der Waals surface area contributed by atoms with Crippen LogP contribution in [0, 0.1) is 0 Å². The van der Waals surface area contributed by atoms with E-state index in [1.807, 2.05) is 77.8 Å². The molecular weight excluding hydrogens is 466 g/mol. The Morgan fingerprint density at radius 3 is 2.57 bits per heavy atom. The number of ether oxygens (including phenoxy) is 2. The molecule has 8 nitrogen and oxygen atoms in total. The van der Waals surface area contributed by atoms with Crippen molar-refractivity contribution in [3.63, 3.8) is 0 Å². The highest BCUT2D eigenvalue weighted by atomic mass is 16.6. The van der Waals surface area contributed by atoms with Gasteiger partial charge in [0.1, 0.15) is 19.0 Å². The van der Waals surface area contributed by atoms with Crippen LogP contribution < -0.4 is 9.47 Å². The van der Waals surface area contributed by atoms with Gasteiger partial charge in [-0.05, 0) is 55.3 Å². The molecule has 1 fully saturated rings. The van der Waals surface area contributed by atoms with Crippen LogP contribution in [0.4, 0.5) is 0 Å². The number of likely N-dealkylation sites (tertiary alicyclic amines) is 1. The van der Waals surface area contributed by atoms with Crippen LogP contribution in [0.15, 0.2) is 72.9 Å². The van der Waals surface area contributed by atoms with Gasteiger partial charge in [-0.1, -0.05) is 24.3 Å². The van der Waals surface area contributed by atoms with E-state index in [0.717, 1.165) is 52.2 Å². The first-order chi connectivity index (χ1) is 18.2. The molecule has 7 rings (SSSR count). The van der Waals surface area contributed by atoms with Crippen LogP contribution in [0.5, 0.6) is 11.5 Å². The molecule has 0 aliphatic carbocycles. The Balaban J connectivity index is 1.18. The number of benzene rings is 2. The minimum absolute atomic E-state index is 0.0296. The fourth-order valence-corrected chi connectivity index (χ4v) is 5.35. The minimum atomic E-state index is 0.0296. The first kappa shape index (κ1) is 21.8. The number of piperidine rings is 1. The highest BCUT2D eigenvalue weighted by molar-refractivity contribution is 6.07. The van der Waals surface area contributed by atoms with Crippen LogP contribution in [0.1, 0.15) is 34.9 Å². The summed E-state index contributed by atoms with van der Waals surface area (Å²) < 4.78 is 13.5. The molecule has 2 aliphatic rings. The van der Waals surface area contributed by atoms with E-state index < -0.39 is 0 Å². The van der Waals surface area contributed by atoms with Crippen LogP contribution in [0.2, 0.25) is 0 Å². The van der Waals surface area contributed by atoms with Gasteiger partial charge in [0.25, 0.3) is 5.91 Å². The lowest BCUT2D eigenvalue weighted by Crippen LogP contribution is -2.38. The third kappa shape index (κ3) is 3.85. The summed E-state index contributed by atoms with van der Waals surface area (Å²) in [6.45, 7) is 2.40. The molecule has 0 bridgehead atoms. The summed E-state index contributed by atoms with van der Waals surface area (Å²) in [5, 5.41) is 9.61. The number of hydrogen-bond donors (Lipinski definition) is 0. The Morgan fingerprint density at radius 1 is 0.865 bits per heavy atom. The molecule has 37 heavy (non-hydrogen) atoms. The molecule has 8 heteroatoms. The molecule has 0 saturated carbocycles. The largest absolute Gasteiger partial charge is 0.486 e. The quantitative estimate of drug-likeness (QED) is 0.363. The molecule has 0 atom stereocenters. The van der Waals surface area contributed by atoms with Gasteiger partial charge in [-0.15, -0.1) is 10.2 Å². The first-order valence-electron chi connectivity index (χ1n) is 12.6. The number of nitrogens with zero attached hydrogens (tertiary/aromatic N) is 5. The average Bonchev–Trinajstić information content (AvgIpc) is 3.40. The number of para-hydroxylation sites is 1. The third-order valence-corrected chi connectivity index (χ3v) is 7.27. The van der Waals surface area contributed by atoms with Gasteiger partial charge in [0.05, 0.1) is 16.8 Å². The van der Waals surface area contributed by atoms with Gasteiger partial charge in [-0.25, -0.2) is 4.98 Å². The molecular formula is C29H25N5O3. The molecule has 1 amide bonds. The van der Waals surface area contributed by atoms with Gasteiger partial charge in [0, 0.05) is 36.2 Å². The molecule has 184 valence electrons. The minimum Gasteiger partial charge on any atom is -0.486 e. The maximum atomic E-state index is 13.9. The van der Waals surface area contributed by atoms with Crippen LogP contribution >= 0.6 is 0 Å². The number of pyridine rings is 2. The lowest BCUT2D eigenvalue weighted by atomic mass is 9.95. The van der Waals surface area contributed by atoms with Gasteiger partial charge in [0.15, 0.2) is 17.1 Å². The van der Waals surface area contributed by atoms with E-state index in [1.165, 1.54) is 0 Å². The van der Waals surface area contributed by atoms with Crippen molar-refractivity contribution in [3.05, 3.63) is 84.3 Å². The van der Waals surface area contributed by atoms with Crippen LogP contribution in [0.25, 0.3) is 27.8 Å². The molecule has 2 aliphatic heterocycles. The van der Waals surface area contributed by atoms with E-state index in [4.69, 9.17) is 14.5 Å². The zero-order chi connectivity index (χ0) is 24.8. The SMILES string of the molecule is O=C(c1cc(-c2ccc3c(c2)OCCO3)nc2ccccc12)N1CCC(c2nnc3ccccn23)CC1. The smallest absolute Gasteiger partial charge is 0.254 e. The fraction of sp³-hybridized carbons (Fsp3) is 0.241. The summed E-state index contributed by atoms with van der Waals surface area (Å²) in [5.41, 5.74) is 3.95. The monoisotopic (exact) mass is 491 g/mol. The lowest BCUT2D eigenvalue weighted by Gasteiger charge is -2.31. The van der Waals surface area contributed by atoms with Crippen molar-refractivity contribution in [2.75, 3.05) is 26.3 Å².